The minimum Gasteiger partial charge on any atom is -0.745 e. The molecule has 2 amide bonds. The summed E-state index contributed by atoms with van der Waals surface area (Å²) >= 11 is 0. The summed E-state index contributed by atoms with van der Waals surface area (Å²) in [4.78, 5) is 34.5. The first-order chi connectivity index (χ1) is 16.1. The quantitative estimate of drug-likeness (QED) is 0.163. The third-order valence-electron chi connectivity index (χ3n) is 5.24. The van der Waals surface area contributed by atoms with Crippen LogP contribution in [0.4, 0.5) is 4.79 Å². The Morgan fingerprint density at radius 3 is 2.03 bits per heavy atom. The smallest absolute Gasteiger partial charge is 0.745 e. The standard InChI is InChI=1S/C23H37N3O8S.Na/c1-14(2)11-18(20(27)23(30,35(31,32)33)19(24)12-15(3)4)26-21(28)16(5)25-22(29)34-13-17-9-7-6-8-10-17;/h6-10,14-16,18-19,30H,11-13,24H2,1-5H3,(H,25,29)(H,26,28)(H,31,32,33);/q;+1/p-1/t16-,18-,19?,23?;/m0./s1. The Kier molecular flexibility index (Phi) is 14.4. The fourth-order valence-electron chi connectivity index (χ4n) is 3.42. The molecule has 0 bridgehead atoms. The Morgan fingerprint density at radius 1 is 1.03 bits per heavy atom. The predicted molar refractivity (Wildman–Crippen MR) is 128 cm³/mol. The van der Waals surface area contributed by atoms with Gasteiger partial charge in [0.25, 0.3) is 0 Å². The van der Waals surface area contributed by atoms with Gasteiger partial charge in [0, 0.05) is 0 Å². The van der Waals surface area contributed by atoms with Crippen LogP contribution in [-0.4, -0.2) is 58.9 Å². The number of benzene rings is 1. The molecule has 0 heterocycles. The normalized spacial score (nSPS) is 15.7. The van der Waals surface area contributed by atoms with Crippen molar-refractivity contribution >= 4 is 27.9 Å². The van der Waals surface area contributed by atoms with Gasteiger partial charge in [-0.25, -0.2) is 13.2 Å². The zero-order chi connectivity index (χ0) is 27.0. The number of nitrogens with two attached hydrogens (primary N) is 1. The molecule has 0 fully saturated rings. The number of carbonyl (C=O) groups is 3. The van der Waals surface area contributed by atoms with Crippen molar-refractivity contribution < 1.29 is 66.8 Å². The number of nitrogens with one attached hydrogen (secondary N) is 2. The minimum absolute atomic E-state index is 0. The minimum atomic E-state index is -5.61. The van der Waals surface area contributed by atoms with E-state index in [2.05, 4.69) is 10.6 Å². The topological polar surface area (TPSA) is 188 Å². The first-order valence-electron chi connectivity index (χ1n) is 11.3. The van der Waals surface area contributed by atoms with Crippen molar-refractivity contribution in [2.45, 2.75) is 77.1 Å². The van der Waals surface area contributed by atoms with Gasteiger partial charge in [-0.1, -0.05) is 58.0 Å². The van der Waals surface area contributed by atoms with Crippen LogP contribution >= 0.6 is 0 Å². The molecule has 5 N–H and O–H groups in total. The number of alkyl carbamates (subject to hydrolysis) is 1. The van der Waals surface area contributed by atoms with Crippen LogP contribution in [0.2, 0.25) is 0 Å². The number of amides is 2. The largest absolute Gasteiger partial charge is 1.00 e. The molecule has 13 heteroatoms. The molecule has 0 aliphatic carbocycles. The molecule has 0 aliphatic rings. The van der Waals surface area contributed by atoms with Crippen molar-refractivity contribution in [3.05, 3.63) is 35.9 Å². The molecule has 0 saturated heterocycles. The van der Waals surface area contributed by atoms with Crippen molar-refractivity contribution in [1.82, 2.24) is 10.6 Å². The van der Waals surface area contributed by atoms with Gasteiger partial charge in [-0.2, -0.15) is 0 Å². The summed E-state index contributed by atoms with van der Waals surface area (Å²) in [6, 6.07) is 4.43. The molecule has 36 heavy (non-hydrogen) atoms. The van der Waals surface area contributed by atoms with Gasteiger partial charge in [-0.05, 0) is 37.2 Å². The molecule has 0 radical (unpaired) electrons. The average Bonchev–Trinajstić information content (AvgIpc) is 2.75. The summed E-state index contributed by atoms with van der Waals surface area (Å²) in [5, 5.41) is 15.4. The molecule has 11 nitrogen and oxygen atoms in total. The molecule has 1 aromatic rings. The Hall–Kier alpha value is -1.54. The Labute approximate surface area is 235 Å². The van der Waals surface area contributed by atoms with E-state index in [9.17, 15) is 32.5 Å². The summed E-state index contributed by atoms with van der Waals surface area (Å²) in [5.74, 6) is -2.72. The van der Waals surface area contributed by atoms with Gasteiger partial charge in [-0.15, -0.1) is 0 Å². The second-order valence-corrected chi connectivity index (χ2v) is 10.9. The van der Waals surface area contributed by atoms with Gasteiger partial charge < -0.3 is 30.8 Å². The SMILES string of the molecule is CC(C)CC(N)C(O)(C(=O)[C@H](CC(C)C)NC(=O)[C@H](C)NC(=O)OCc1ccccc1)S(=O)(=O)[O-].[Na+]. The van der Waals surface area contributed by atoms with Crippen LogP contribution in [-0.2, 0) is 31.1 Å². The van der Waals surface area contributed by atoms with Gasteiger partial charge >= 0.3 is 35.7 Å². The fraction of sp³-hybridized carbons (Fsp3) is 0.609. The third-order valence-corrected chi connectivity index (χ3v) is 6.51. The number of aliphatic hydroxyl groups is 1. The molecule has 1 rings (SSSR count). The second-order valence-electron chi connectivity index (χ2n) is 9.37. The molecule has 0 aromatic heterocycles. The Morgan fingerprint density at radius 2 is 1.56 bits per heavy atom. The van der Waals surface area contributed by atoms with E-state index in [1.165, 1.54) is 6.92 Å². The molecule has 1 aromatic carbocycles. The van der Waals surface area contributed by atoms with Crippen molar-refractivity contribution in [1.29, 1.82) is 0 Å². The molecule has 4 atom stereocenters. The Balaban J connectivity index is 0.0000122. The molecule has 0 aliphatic heterocycles. The van der Waals surface area contributed by atoms with E-state index in [-0.39, 0.29) is 60.8 Å². The molecule has 0 saturated carbocycles. The summed E-state index contributed by atoms with van der Waals surface area (Å²) in [6.07, 6.45) is -1.10. The summed E-state index contributed by atoms with van der Waals surface area (Å²) < 4.78 is 41.0. The molecular formula is C23H36N3NaO8S. The Bertz CT molecular complexity index is 975. The molecule has 2 unspecified atom stereocenters. The average molecular weight is 538 g/mol. The molecule has 0 spiro atoms. The maximum atomic E-state index is 13.2. The number of Topliss-reactive ketones (excluding diaryl/α,β-unsaturated/α-hetero) is 1. The van der Waals surface area contributed by atoms with E-state index in [0.29, 0.717) is 0 Å². The van der Waals surface area contributed by atoms with Gasteiger partial charge in [-0.3, -0.25) is 9.59 Å². The maximum Gasteiger partial charge on any atom is 1.00 e. The first-order valence-corrected chi connectivity index (χ1v) is 12.8. The van der Waals surface area contributed by atoms with Crippen LogP contribution in [0.15, 0.2) is 30.3 Å². The second kappa shape index (κ2) is 15.0. The van der Waals surface area contributed by atoms with E-state index in [1.54, 1.807) is 58.0 Å². The zero-order valence-electron chi connectivity index (χ0n) is 21.7. The van der Waals surface area contributed by atoms with Crippen LogP contribution in [0.1, 0.15) is 53.0 Å². The third kappa shape index (κ3) is 10.1. The maximum absolute atomic E-state index is 13.2. The number of ether oxygens (including phenoxy) is 1. The van der Waals surface area contributed by atoms with Crippen LogP contribution in [0.5, 0.6) is 0 Å². The van der Waals surface area contributed by atoms with Crippen molar-refractivity contribution in [3.63, 3.8) is 0 Å². The number of carbonyl (C=O) groups excluding carboxylic acids is 3. The predicted octanol–water partition coefficient (Wildman–Crippen LogP) is -1.99. The van der Waals surface area contributed by atoms with Gasteiger partial charge in [0.05, 0.1) is 12.1 Å². The van der Waals surface area contributed by atoms with Gasteiger partial charge in [0.1, 0.15) is 22.8 Å². The molecular weight excluding hydrogens is 501 g/mol. The van der Waals surface area contributed by atoms with Crippen LogP contribution in [0.25, 0.3) is 0 Å². The van der Waals surface area contributed by atoms with Crippen LogP contribution < -0.4 is 45.9 Å². The first kappa shape index (κ1) is 34.5. The fourth-order valence-corrected chi connectivity index (χ4v) is 4.27. The zero-order valence-corrected chi connectivity index (χ0v) is 24.5. The van der Waals surface area contributed by atoms with E-state index in [1.807, 2.05) is 0 Å². The van der Waals surface area contributed by atoms with E-state index in [4.69, 9.17) is 10.5 Å². The van der Waals surface area contributed by atoms with Crippen molar-refractivity contribution in [2.24, 2.45) is 17.6 Å². The van der Waals surface area contributed by atoms with E-state index >= 15 is 0 Å². The molecule has 198 valence electrons. The van der Waals surface area contributed by atoms with Gasteiger partial charge in [0.2, 0.25) is 16.6 Å². The van der Waals surface area contributed by atoms with Crippen LogP contribution in [0, 0.1) is 11.8 Å². The van der Waals surface area contributed by atoms with Crippen molar-refractivity contribution in [2.75, 3.05) is 0 Å². The summed E-state index contributed by atoms with van der Waals surface area (Å²) in [7, 11) is -5.61. The monoisotopic (exact) mass is 537 g/mol. The van der Waals surface area contributed by atoms with Gasteiger partial charge in [0.15, 0.2) is 0 Å². The van der Waals surface area contributed by atoms with E-state index < -0.39 is 51.0 Å². The summed E-state index contributed by atoms with van der Waals surface area (Å²) in [6.45, 7) is 8.07. The number of hydrogen-bond acceptors (Lipinski definition) is 9. The van der Waals surface area contributed by atoms with Crippen molar-refractivity contribution in [3.8, 4) is 0 Å². The van der Waals surface area contributed by atoms with E-state index in [0.717, 1.165) is 5.56 Å². The summed E-state index contributed by atoms with van der Waals surface area (Å²) in [5.41, 5.74) is 6.54. The van der Waals surface area contributed by atoms with Crippen LogP contribution in [0.3, 0.4) is 0 Å². The number of rotatable bonds is 13. The number of hydrogen-bond donors (Lipinski definition) is 4. The number of ketones is 1.